The van der Waals surface area contributed by atoms with Crippen LogP contribution >= 0.6 is 0 Å². The summed E-state index contributed by atoms with van der Waals surface area (Å²) in [6.45, 7) is 3.91. The molecule has 0 spiro atoms. The molecule has 14 heteroatoms. The Balaban J connectivity index is 1.42. The molecule has 2 atom stereocenters. The van der Waals surface area contributed by atoms with Gasteiger partial charge in [0.1, 0.15) is 17.0 Å². The summed E-state index contributed by atoms with van der Waals surface area (Å²) in [6, 6.07) is 10.6. The number of ether oxygens (including phenoxy) is 1. The van der Waals surface area contributed by atoms with Crippen LogP contribution in [0.1, 0.15) is 48.7 Å². The topological polar surface area (TPSA) is 150 Å². The lowest BCUT2D eigenvalue weighted by atomic mass is 9.61. The third-order valence-electron chi connectivity index (χ3n) is 9.45. The van der Waals surface area contributed by atoms with Crippen molar-refractivity contribution in [1.29, 1.82) is 0 Å². The predicted molar refractivity (Wildman–Crippen MR) is 172 cm³/mol. The monoisotopic (exact) mass is 659 g/mol. The zero-order valence-corrected chi connectivity index (χ0v) is 26.9. The zero-order valence-electron chi connectivity index (χ0n) is 26.1. The van der Waals surface area contributed by atoms with E-state index in [4.69, 9.17) is 9.72 Å². The molecule has 244 valence electrons. The Hall–Kier alpha value is -4.85. The fourth-order valence-electron chi connectivity index (χ4n) is 7.15. The Bertz CT molecular complexity index is 2140. The molecule has 0 unspecified atom stereocenters. The van der Waals surface area contributed by atoms with E-state index >= 15 is 0 Å². The average Bonchev–Trinajstić information content (AvgIpc) is 3.67. The normalized spacial score (nSPS) is 20.9. The molecule has 8 rings (SSSR count). The van der Waals surface area contributed by atoms with Gasteiger partial charge in [0, 0.05) is 30.2 Å². The number of hydrogen-bond donors (Lipinski definition) is 2. The number of carbonyl (C=O) groups is 2. The first-order valence-electron chi connectivity index (χ1n) is 15.6. The molecule has 2 N–H and O–H groups in total. The largest absolute Gasteiger partial charge is 0.466 e. The van der Waals surface area contributed by atoms with Crippen LogP contribution in [0.3, 0.4) is 0 Å². The van der Waals surface area contributed by atoms with Crippen molar-refractivity contribution in [3.8, 4) is 11.4 Å². The van der Waals surface area contributed by atoms with Crippen molar-refractivity contribution in [3.63, 3.8) is 0 Å². The molecule has 1 aromatic carbocycles. The van der Waals surface area contributed by atoms with Crippen LogP contribution in [-0.2, 0) is 19.6 Å². The number of fused-ring (bicyclic) bond motifs is 5. The summed E-state index contributed by atoms with van der Waals surface area (Å²) in [5.74, 6) is -0.965. The van der Waals surface area contributed by atoms with Gasteiger partial charge in [0.05, 0.1) is 23.6 Å². The molecule has 1 amide bonds. The van der Waals surface area contributed by atoms with Gasteiger partial charge in [0.2, 0.25) is 0 Å². The Morgan fingerprint density at radius 1 is 1.06 bits per heavy atom. The molecule has 3 saturated carbocycles. The lowest BCUT2D eigenvalue weighted by Crippen LogP contribution is -2.52. The number of amides is 1. The van der Waals surface area contributed by atoms with Gasteiger partial charge in [-0.05, 0) is 81.7 Å². The smallest absolute Gasteiger partial charge is 0.311 e. The van der Waals surface area contributed by atoms with E-state index in [1.165, 1.54) is 36.0 Å². The van der Waals surface area contributed by atoms with E-state index in [1.807, 2.05) is 6.92 Å². The molecule has 12 nitrogen and oxygen atoms in total. The number of benzene rings is 1. The number of pyridine rings is 1. The van der Waals surface area contributed by atoms with Gasteiger partial charge in [0.25, 0.3) is 15.9 Å². The van der Waals surface area contributed by atoms with Crippen LogP contribution in [0, 0.1) is 30.5 Å². The fourth-order valence-corrected chi connectivity index (χ4v) is 8.47. The average molecular weight is 660 g/mol. The summed E-state index contributed by atoms with van der Waals surface area (Å²) in [7, 11) is -2.66. The van der Waals surface area contributed by atoms with E-state index in [0.717, 1.165) is 41.4 Å². The number of carbonyl (C=O) groups excluding carboxylic acids is 2. The molecular formula is C33H34FN7O5S. The van der Waals surface area contributed by atoms with Gasteiger partial charge < -0.3 is 15.4 Å². The van der Waals surface area contributed by atoms with Crippen molar-refractivity contribution in [2.24, 2.45) is 17.8 Å². The highest BCUT2D eigenvalue weighted by molar-refractivity contribution is 7.90. The SMILES string of the molecule is CCOC(=O)[C@H]1[C@H]2CC[C@H](CC2)[C@@H]1Nc1nc(-c2cn(S(=O)(=O)c3ccc(C)cc3)c3ncc(F)cc23)nn2c(C(=O)NC)ccc12. The second-order valence-corrected chi connectivity index (χ2v) is 14.0. The molecule has 3 aliphatic carbocycles. The maximum Gasteiger partial charge on any atom is 0.311 e. The van der Waals surface area contributed by atoms with Crippen molar-refractivity contribution in [2.75, 3.05) is 19.0 Å². The second-order valence-electron chi connectivity index (χ2n) is 12.2. The number of anilines is 1. The van der Waals surface area contributed by atoms with Gasteiger partial charge >= 0.3 is 5.97 Å². The number of esters is 1. The number of hydrogen-bond acceptors (Lipinski definition) is 9. The van der Waals surface area contributed by atoms with Crippen LogP contribution in [0.2, 0.25) is 0 Å². The number of aromatic nitrogens is 5. The highest BCUT2D eigenvalue weighted by Crippen LogP contribution is 2.47. The van der Waals surface area contributed by atoms with E-state index in [2.05, 4.69) is 20.7 Å². The van der Waals surface area contributed by atoms with E-state index in [-0.39, 0.29) is 69.4 Å². The van der Waals surface area contributed by atoms with Gasteiger partial charge in [-0.15, -0.1) is 5.10 Å². The first kappa shape index (κ1) is 30.8. The third-order valence-corrected chi connectivity index (χ3v) is 11.1. The summed E-state index contributed by atoms with van der Waals surface area (Å²) in [4.78, 5) is 35.2. The Morgan fingerprint density at radius 3 is 2.49 bits per heavy atom. The predicted octanol–water partition coefficient (Wildman–Crippen LogP) is 4.57. The Labute approximate surface area is 270 Å². The summed E-state index contributed by atoms with van der Waals surface area (Å²) in [5, 5.41) is 11.0. The number of nitrogens with one attached hydrogen (secondary N) is 2. The minimum atomic E-state index is -4.16. The van der Waals surface area contributed by atoms with Crippen LogP contribution in [0.25, 0.3) is 27.9 Å². The van der Waals surface area contributed by atoms with E-state index in [0.29, 0.717) is 11.3 Å². The van der Waals surface area contributed by atoms with E-state index in [1.54, 1.807) is 31.2 Å². The molecule has 3 fully saturated rings. The molecule has 4 heterocycles. The number of rotatable bonds is 8. The second kappa shape index (κ2) is 11.7. The minimum Gasteiger partial charge on any atom is -0.466 e. The minimum absolute atomic E-state index is 0.00817. The Morgan fingerprint density at radius 2 is 1.79 bits per heavy atom. The summed E-state index contributed by atoms with van der Waals surface area (Å²) >= 11 is 0. The van der Waals surface area contributed by atoms with E-state index in [9.17, 15) is 22.4 Å². The first-order valence-corrected chi connectivity index (χ1v) is 17.1. The van der Waals surface area contributed by atoms with Crippen LogP contribution in [0.15, 0.2) is 59.8 Å². The molecule has 0 radical (unpaired) electrons. The molecule has 5 aromatic rings. The first-order chi connectivity index (χ1) is 22.6. The van der Waals surface area contributed by atoms with Crippen molar-refractivity contribution in [3.05, 3.63) is 71.9 Å². The zero-order chi connectivity index (χ0) is 33.0. The van der Waals surface area contributed by atoms with E-state index < -0.39 is 21.7 Å². The fraction of sp³-hybridized carbons (Fsp3) is 0.364. The van der Waals surface area contributed by atoms with Crippen molar-refractivity contribution in [1.82, 2.24) is 28.9 Å². The van der Waals surface area contributed by atoms with Crippen LogP contribution < -0.4 is 10.6 Å². The van der Waals surface area contributed by atoms with Gasteiger partial charge in [0.15, 0.2) is 17.3 Å². The van der Waals surface area contributed by atoms with Gasteiger partial charge in [-0.1, -0.05) is 17.7 Å². The third kappa shape index (κ3) is 5.20. The Kier molecular flexibility index (Phi) is 7.69. The summed E-state index contributed by atoms with van der Waals surface area (Å²) in [6.07, 6.45) is 6.06. The lowest BCUT2D eigenvalue weighted by Gasteiger charge is -2.47. The molecule has 4 aromatic heterocycles. The highest BCUT2D eigenvalue weighted by atomic mass is 32.2. The van der Waals surface area contributed by atoms with Crippen LogP contribution in [0.4, 0.5) is 10.2 Å². The molecule has 47 heavy (non-hydrogen) atoms. The van der Waals surface area contributed by atoms with Crippen molar-refractivity contribution in [2.45, 2.75) is 50.5 Å². The summed E-state index contributed by atoms with van der Waals surface area (Å²) in [5.41, 5.74) is 1.76. The molecule has 2 bridgehead atoms. The van der Waals surface area contributed by atoms with Crippen LogP contribution in [0.5, 0.6) is 0 Å². The molecular weight excluding hydrogens is 625 g/mol. The highest BCUT2D eigenvalue weighted by Gasteiger charge is 2.48. The molecule has 3 aliphatic rings. The number of aryl methyl sites for hydroxylation is 1. The van der Waals surface area contributed by atoms with Gasteiger partial charge in [-0.3, -0.25) is 9.59 Å². The maximum absolute atomic E-state index is 14.7. The van der Waals surface area contributed by atoms with Crippen molar-refractivity contribution < 1.29 is 27.1 Å². The number of halogens is 1. The van der Waals surface area contributed by atoms with Crippen LogP contribution in [-0.4, -0.2) is 63.5 Å². The molecule has 0 saturated heterocycles. The van der Waals surface area contributed by atoms with Gasteiger partial charge in [-0.25, -0.2) is 31.3 Å². The summed E-state index contributed by atoms with van der Waals surface area (Å²) < 4.78 is 50.4. The maximum atomic E-state index is 14.7. The quantitative estimate of drug-likeness (QED) is 0.229. The lowest BCUT2D eigenvalue weighted by molar-refractivity contribution is -0.154. The number of nitrogens with zero attached hydrogens (tertiary/aromatic N) is 5. The van der Waals surface area contributed by atoms with Crippen molar-refractivity contribution >= 4 is 44.3 Å². The molecule has 0 aliphatic heterocycles. The van der Waals surface area contributed by atoms with Gasteiger partial charge in [-0.2, -0.15) is 0 Å². The standard InChI is InChI=1S/C33H34FN7O5S/c1-4-46-33(43)27-19-7-9-20(10-8-19)28(27)37-30-25-13-14-26(32(42)35-3)41(25)39-29(38-30)24-17-40(31-23(24)15-21(34)16-36-31)47(44,45)22-11-5-18(2)6-12-22/h5-6,11-17,19-20,27-28H,4,7-10H2,1-3H3,(H,35,42)(H,37,38,39)/t19-,20+,27-,28-/m0/s1.